The fraction of sp³-hybridized carbons (Fsp3) is 0.200. The Balaban J connectivity index is 1.14. The van der Waals surface area contributed by atoms with Crippen LogP contribution in [0.3, 0.4) is 0 Å². The van der Waals surface area contributed by atoms with Crippen molar-refractivity contribution >= 4 is 34.8 Å². The first-order chi connectivity index (χ1) is 18.0. The van der Waals surface area contributed by atoms with E-state index in [1.54, 1.807) is 24.5 Å². The molecule has 0 saturated carbocycles. The molecule has 0 bridgehead atoms. The molecule has 0 fully saturated rings. The van der Waals surface area contributed by atoms with Crippen LogP contribution in [0.4, 0.5) is 23.0 Å². The van der Waals surface area contributed by atoms with Gasteiger partial charge in [0, 0.05) is 40.9 Å². The van der Waals surface area contributed by atoms with Crippen LogP contribution in [0.15, 0.2) is 79.1 Å². The number of rotatable bonds is 3. The topological polar surface area (TPSA) is 87.2 Å². The maximum absolute atomic E-state index is 13.5. The Morgan fingerprint density at radius 3 is 2.76 bits per heavy atom. The largest absolute Gasteiger partial charge is 0.340 e. The lowest BCUT2D eigenvalue weighted by atomic mass is 9.79. The summed E-state index contributed by atoms with van der Waals surface area (Å²) < 4.78 is 0. The second-order valence-electron chi connectivity index (χ2n) is 10.2. The Morgan fingerprint density at radius 2 is 1.84 bits per heavy atom. The fourth-order valence-electron chi connectivity index (χ4n) is 6.14. The van der Waals surface area contributed by atoms with Gasteiger partial charge in [0.05, 0.1) is 5.41 Å². The Kier molecular flexibility index (Phi) is 4.70. The molecule has 3 aliphatic rings. The van der Waals surface area contributed by atoms with Gasteiger partial charge < -0.3 is 15.5 Å². The minimum atomic E-state index is -0.599. The average molecular weight is 488 g/mol. The van der Waals surface area contributed by atoms with E-state index in [0.29, 0.717) is 30.0 Å². The predicted molar refractivity (Wildman–Crippen MR) is 142 cm³/mol. The molecule has 0 radical (unpaired) electrons. The van der Waals surface area contributed by atoms with Crippen molar-refractivity contribution in [2.24, 2.45) is 0 Å². The number of nitrogens with zero attached hydrogens (tertiary/aromatic N) is 3. The van der Waals surface area contributed by atoms with Crippen LogP contribution in [0.5, 0.6) is 0 Å². The van der Waals surface area contributed by atoms with E-state index < -0.39 is 5.41 Å². The van der Waals surface area contributed by atoms with E-state index in [2.05, 4.69) is 45.7 Å². The summed E-state index contributed by atoms with van der Waals surface area (Å²) in [7, 11) is 0. The van der Waals surface area contributed by atoms with Crippen LogP contribution in [-0.4, -0.2) is 27.8 Å². The maximum Gasteiger partial charge on any atom is 0.258 e. The Hall–Kier alpha value is -4.52. The quantitative estimate of drug-likeness (QED) is 0.434. The molecular weight excluding hydrogens is 462 g/mol. The van der Waals surface area contributed by atoms with Crippen molar-refractivity contribution in [2.45, 2.75) is 37.6 Å². The Bertz CT molecular complexity index is 1600. The number of benzene rings is 2. The van der Waals surface area contributed by atoms with Crippen LogP contribution in [0, 0.1) is 0 Å². The number of pyridine rings is 2. The Labute approximate surface area is 214 Å². The monoisotopic (exact) mass is 487 g/mol. The number of aromatic nitrogens is 2. The highest BCUT2D eigenvalue weighted by molar-refractivity contribution is 6.08. The van der Waals surface area contributed by atoms with Crippen LogP contribution in [0.25, 0.3) is 0 Å². The van der Waals surface area contributed by atoms with Crippen molar-refractivity contribution in [3.8, 4) is 0 Å². The molecule has 1 aliphatic carbocycles. The van der Waals surface area contributed by atoms with Gasteiger partial charge in [0.2, 0.25) is 5.91 Å². The highest BCUT2D eigenvalue weighted by Crippen LogP contribution is 2.47. The molecule has 37 heavy (non-hydrogen) atoms. The minimum Gasteiger partial charge on any atom is -0.340 e. The average Bonchev–Trinajstić information content (AvgIpc) is 3.54. The number of anilines is 4. The molecule has 7 rings (SSSR count). The zero-order valence-electron chi connectivity index (χ0n) is 20.4. The van der Waals surface area contributed by atoms with Gasteiger partial charge in [0.15, 0.2) is 0 Å². The lowest BCUT2D eigenvalue weighted by Crippen LogP contribution is -2.35. The molecule has 2 atom stereocenters. The van der Waals surface area contributed by atoms with Gasteiger partial charge in [-0.05, 0) is 79.3 Å². The molecule has 7 nitrogen and oxygen atoms in total. The summed E-state index contributed by atoms with van der Waals surface area (Å²) in [5, 5.41) is 6.32. The summed E-state index contributed by atoms with van der Waals surface area (Å²) in [5.74, 6) is 1.25. The molecule has 2 N–H and O–H groups in total. The van der Waals surface area contributed by atoms with Crippen molar-refractivity contribution in [1.82, 2.24) is 9.97 Å². The van der Waals surface area contributed by atoms with Gasteiger partial charge in [0.1, 0.15) is 11.6 Å². The standard InChI is InChI=1S/C30H25N5O2/c1-18-13-19-5-2-3-7-25(19)35(18)28(36)20-10-12-31-26(15-20)33-23-9-8-21-16-30(17-22(21)14-23)24-6-4-11-32-27(24)34-29(30)37/h2-12,14-15,18H,13,16-17H2,1H3,(H,31,33)(H,32,34,37). The second kappa shape index (κ2) is 8.00. The summed E-state index contributed by atoms with van der Waals surface area (Å²) in [6.45, 7) is 2.08. The van der Waals surface area contributed by atoms with E-state index in [-0.39, 0.29) is 17.9 Å². The van der Waals surface area contributed by atoms with Gasteiger partial charge in [-0.1, -0.05) is 30.3 Å². The van der Waals surface area contributed by atoms with Gasteiger partial charge in [0.25, 0.3) is 5.91 Å². The van der Waals surface area contributed by atoms with Gasteiger partial charge in [-0.25, -0.2) is 9.97 Å². The zero-order chi connectivity index (χ0) is 25.1. The fourth-order valence-corrected chi connectivity index (χ4v) is 6.14. The number of nitrogens with one attached hydrogen (secondary N) is 2. The van der Waals surface area contributed by atoms with Crippen LogP contribution in [0.2, 0.25) is 0 Å². The highest BCUT2D eigenvalue weighted by atomic mass is 16.2. The highest BCUT2D eigenvalue weighted by Gasteiger charge is 2.51. The van der Waals surface area contributed by atoms with Crippen LogP contribution in [-0.2, 0) is 29.5 Å². The zero-order valence-corrected chi connectivity index (χ0v) is 20.4. The van der Waals surface area contributed by atoms with Gasteiger partial charge >= 0.3 is 0 Å². The third-order valence-corrected chi connectivity index (χ3v) is 7.89. The molecule has 2 aromatic heterocycles. The lowest BCUT2D eigenvalue weighted by molar-refractivity contribution is -0.120. The van der Waals surface area contributed by atoms with Crippen LogP contribution < -0.4 is 15.5 Å². The molecule has 4 aromatic rings. The minimum absolute atomic E-state index is 0.0116. The molecular formula is C30H25N5O2. The third kappa shape index (κ3) is 3.34. The molecule has 2 aromatic carbocycles. The predicted octanol–water partition coefficient (Wildman–Crippen LogP) is 4.80. The van der Waals surface area contributed by atoms with Crippen molar-refractivity contribution in [2.75, 3.05) is 15.5 Å². The Morgan fingerprint density at radius 1 is 0.973 bits per heavy atom. The number of carbonyl (C=O) groups is 2. The number of amides is 2. The lowest BCUT2D eigenvalue weighted by Gasteiger charge is -2.23. The summed E-state index contributed by atoms with van der Waals surface area (Å²) in [4.78, 5) is 37.2. The van der Waals surface area contributed by atoms with Crippen molar-refractivity contribution < 1.29 is 9.59 Å². The van der Waals surface area contributed by atoms with Crippen molar-refractivity contribution in [3.05, 3.63) is 107 Å². The van der Waals surface area contributed by atoms with Gasteiger partial charge in [-0.2, -0.15) is 0 Å². The first-order valence-corrected chi connectivity index (χ1v) is 12.6. The summed E-state index contributed by atoms with van der Waals surface area (Å²) >= 11 is 0. The number of carbonyl (C=O) groups excluding carboxylic acids is 2. The summed E-state index contributed by atoms with van der Waals surface area (Å²) in [5.41, 5.74) is 6.30. The number of hydrogen-bond donors (Lipinski definition) is 2. The maximum atomic E-state index is 13.5. The van der Waals surface area contributed by atoms with Gasteiger partial charge in [-0.3, -0.25) is 9.59 Å². The van der Waals surface area contributed by atoms with Crippen LogP contribution >= 0.6 is 0 Å². The van der Waals surface area contributed by atoms with E-state index in [1.165, 1.54) is 5.56 Å². The number of para-hydroxylation sites is 1. The third-order valence-electron chi connectivity index (χ3n) is 7.89. The molecule has 0 saturated heterocycles. The van der Waals surface area contributed by atoms with E-state index >= 15 is 0 Å². The molecule has 2 amide bonds. The molecule has 1 spiro atoms. The van der Waals surface area contributed by atoms with Crippen LogP contribution in [0.1, 0.15) is 39.5 Å². The van der Waals surface area contributed by atoms with E-state index in [9.17, 15) is 9.59 Å². The SMILES string of the molecule is CC1Cc2ccccc2N1C(=O)c1ccnc(Nc2ccc3c(c2)CC2(C3)C(=O)Nc3ncccc32)c1. The molecule has 2 aliphatic heterocycles. The normalized spacial score (nSPS) is 20.9. The van der Waals surface area contributed by atoms with E-state index in [4.69, 9.17) is 0 Å². The summed E-state index contributed by atoms with van der Waals surface area (Å²) in [6, 6.07) is 21.8. The number of hydrogen-bond acceptors (Lipinski definition) is 5. The molecule has 7 heteroatoms. The first-order valence-electron chi connectivity index (χ1n) is 12.6. The van der Waals surface area contributed by atoms with E-state index in [0.717, 1.165) is 34.5 Å². The molecule has 4 heterocycles. The van der Waals surface area contributed by atoms with Crippen molar-refractivity contribution in [3.63, 3.8) is 0 Å². The molecule has 182 valence electrons. The first kappa shape index (κ1) is 21.7. The second-order valence-corrected chi connectivity index (χ2v) is 10.2. The summed E-state index contributed by atoms with van der Waals surface area (Å²) in [6.07, 6.45) is 5.51. The molecule has 2 unspecified atom stereocenters. The smallest absolute Gasteiger partial charge is 0.258 e. The van der Waals surface area contributed by atoms with Gasteiger partial charge in [-0.15, -0.1) is 0 Å². The van der Waals surface area contributed by atoms with Crippen molar-refractivity contribution in [1.29, 1.82) is 0 Å². The number of fused-ring (bicyclic) bond motifs is 4. The van der Waals surface area contributed by atoms with E-state index in [1.807, 2.05) is 41.3 Å².